The number of piperidine rings is 4. The topological polar surface area (TPSA) is 174 Å². The Morgan fingerprint density at radius 1 is 0.585 bits per heavy atom. The first-order valence-electron chi connectivity index (χ1n) is 27.4. The molecule has 24 heteroatoms. The van der Waals surface area contributed by atoms with E-state index < -0.39 is 53.1 Å². The fraction of sp³-hybridized carbons (Fsp3) is 0.517. The predicted octanol–water partition coefficient (Wildman–Crippen LogP) is 14.1. The molecule has 4 fully saturated rings. The molecule has 4 saturated heterocycles. The second kappa shape index (κ2) is 29.6. The van der Waals surface area contributed by atoms with E-state index in [9.17, 15) is 34.4 Å². The molecule has 10 rings (SSSR count). The smallest absolute Gasteiger partial charge is 0.266 e. The molecule has 0 bridgehead atoms. The van der Waals surface area contributed by atoms with Gasteiger partial charge in [-0.05, 0) is 146 Å². The lowest BCUT2D eigenvalue weighted by molar-refractivity contribution is 0.0627. The highest BCUT2D eigenvalue weighted by Crippen LogP contribution is 2.43. The van der Waals surface area contributed by atoms with Crippen molar-refractivity contribution in [1.82, 2.24) is 38.7 Å². The van der Waals surface area contributed by atoms with E-state index in [-0.39, 0.29) is 45.3 Å². The van der Waals surface area contributed by atoms with Crippen LogP contribution in [0.5, 0.6) is 0 Å². The standard InChI is InChI=1S/C22H24F2N4O2S2.C13H19N.C9H6ClF2N3O2S2.C7H14ClN.C7H15N/c1-22(2)8-9-28(19(12-22)15-6-4-3-5-7-15)13-16-10-18(24)20(11-17(16)23)32(29,30)27-21-25-14-26-31-21;1-13(2)8-9-14-12(10-13)11-6-4-3-5-7-11;10-3-5-1-7(12)8(2-6(5)11)19(16,17)15-9-13-4-14-18-9;1-7(2)3-5-9(8)6-4-7;1-7(2)3-5-8-6-4-7/h3-7,10-11,14,19H,8-9,12-13H2,1-2H3,(H,25,26,27);3-7,12,14H,8-10H2,1-2H3;1-2,4H,3H2,(H,13,14,15);3-6H2,1-2H3;8H,3-6H2,1-2H3/t19-;12-;;;/m00.../s1. The molecule has 0 saturated carbocycles. The largest absolute Gasteiger partial charge is 0.317 e. The lowest BCUT2D eigenvalue weighted by atomic mass is 9.77. The van der Waals surface area contributed by atoms with Gasteiger partial charge in [0.2, 0.25) is 10.3 Å². The number of anilines is 2. The van der Waals surface area contributed by atoms with E-state index in [2.05, 4.69) is 125 Å². The summed E-state index contributed by atoms with van der Waals surface area (Å²) in [5.41, 5.74) is 4.34. The molecule has 2 aromatic heterocycles. The van der Waals surface area contributed by atoms with E-state index in [0.29, 0.717) is 28.4 Å². The summed E-state index contributed by atoms with van der Waals surface area (Å²) in [7, 11) is -8.59. The molecule has 6 heterocycles. The number of nitrogens with one attached hydrogen (secondary N) is 4. The fourth-order valence-corrected chi connectivity index (χ4v) is 13.6. The van der Waals surface area contributed by atoms with Crippen LogP contribution in [0, 0.1) is 44.9 Å². The second-order valence-corrected chi connectivity index (χ2v) is 29.7. The minimum absolute atomic E-state index is 0.0180. The van der Waals surface area contributed by atoms with Gasteiger partial charge in [-0.3, -0.25) is 14.3 Å². The van der Waals surface area contributed by atoms with Crippen LogP contribution in [0.25, 0.3) is 0 Å². The Hall–Kier alpha value is -4.36. The van der Waals surface area contributed by atoms with E-state index in [4.69, 9.17) is 23.4 Å². The summed E-state index contributed by atoms with van der Waals surface area (Å²) in [5, 5.41) is 6.87. The van der Waals surface area contributed by atoms with Gasteiger partial charge >= 0.3 is 0 Å². The summed E-state index contributed by atoms with van der Waals surface area (Å²) in [6.07, 6.45) is 11.8. The number of aromatic nitrogens is 4. The third-order valence-corrected chi connectivity index (χ3v) is 19.8. The molecular formula is C58H78Cl2F4N10O4S4. The Bertz CT molecular complexity index is 3150. The molecule has 0 amide bonds. The van der Waals surface area contributed by atoms with Gasteiger partial charge in [-0.15, -0.1) is 11.6 Å². The Balaban J connectivity index is 0.000000183. The number of likely N-dealkylation sites (tertiary alicyclic amines) is 1. The van der Waals surface area contributed by atoms with Crippen molar-refractivity contribution < 1.29 is 34.4 Å². The van der Waals surface area contributed by atoms with Crippen molar-refractivity contribution >= 4 is 76.8 Å². The number of rotatable bonds is 11. The van der Waals surface area contributed by atoms with Crippen molar-refractivity contribution in [3.63, 3.8) is 0 Å². The fourth-order valence-electron chi connectivity index (χ4n) is 9.74. The lowest BCUT2D eigenvalue weighted by Crippen LogP contribution is -2.39. The van der Waals surface area contributed by atoms with Gasteiger partial charge in [-0.2, -0.15) is 8.75 Å². The molecule has 0 spiro atoms. The molecule has 0 aliphatic carbocycles. The van der Waals surface area contributed by atoms with Crippen molar-refractivity contribution in [2.75, 3.05) is 48.7 Å². The van der Waals surface area contributed by atoms with Crippen LogP contribution in [-0.4, -0.2) is 84.1 Å². The first-order valence-corrected chi connectivity index (χ1v) is 32.7. The highest BCUT2D eigenvalue weighted by Gasteiger charge is 2.35. The lowest BCUT2D eigenvalue weighted by Gasteiger charge is -2.44. The number of nitrogens with zero attached hydrogens (tertiary/aromatic N) is 6. The molecule has 4 aliphatic rings. The molecular weight excluding hydrogens is 1180 g/mol. The Morgan fingerprint density at radius 2 is 1.04 bits per heavy atom. The Morgan fingerprint density at radius 3 is 1.49 bits per heavy atom. The van der Waals surface area contributed by atoms with Crippen molar-refractivity contribution in [3.05, 3.63) is 143 Å². The summed E-state index contributed by atoms with van der Waals surface area (Å²) in [6.45, 7) is 25.0. The van der Waals surface area contributed by atoms with E-state index in [1.54, 1.807) is 0 Å². The predicted molar refractivity (Wildman–Crippen MR) is 323 cm³/mol. The van der Waals surface area contributed by atoms with Gasteiger partial charge in [0.15, 0.2) is 0 Å². The summed E-state index contributed by atoms with van der Waals surface area (Å²) >= 11 is 12.8. The number of benzene rings is 4. The molecule has 2 atom stereocenters. The van der Waals surface area contributed by atoms with Gasteiger partial charge in [0.1, 0.15) is 45.7 Å². The molecule has 4 N–H and O–H groups in total. The molecule has 4 aliphatic heterocycles. The van der Waals surface area contributed by atoms with Crippen LogP contribution in [0.15, 0.2) is 107 Å². The molecule has 6 aromatic rings. The van der Waals surface area contributed by atoms with Crippen LogP contribution in [0.4, 0.5) is 27.8 Å². The highest BCUT2D eigenvalue weighted by atomic mass is 35.5. The minimum atomic E-state index is -4.33. The molecule has 0 radical (unpaired) electrons. The molecule has 14 nitrogen and oxygen atoms in total. The van der Waals surface area contributed by atoms with Crippen molar-refractivity contribution in [1.29, 1.82) is 0 Å². The highest BCUT2D eigenvalue weighted by molar-refractivity contribution is 7.93. The van der Waals surface area contributed by atoms with E-state index >= 15 is 0 Å². The zero-order valence-electron chi connectivity index (χ0n) is 47.9. The third kappa shape index (κ3) is 20.7. The van der Waals surface area contributed by atoms with Gasteiger partial charge < -0.3 is 10.6 Å². The summed E-state index contributed by atoms with van der Waals surface area (Å²) in [5.74, 6) is -4.01. The van der Waals surface area contributed by atoms with Crippen molar-refractivity contribution in [2.45, 2.75) is 141 Å². The summed E-state index contributed by atoms with van der Waals surface area (Å²) in [4.78, 5) is 7.87. The van der Waals surface area contributed by atoms with Gasteiger partial charge in [-0.25, -0.2) is 48.8 Å². The van der Waals surface area contributed by atoms with Crippen molar-refractivity contribution in [2.24, 2.45) is 21.7 Å². The van der Waals surface area contributed by atoms with Crippen LogP contribution in [0.1, 0.15) is 141 Å². The van der Waals surface area contributed by atoms with Gasteiger partial charge in [-0.1, -0.05) is 116 Å². The number of alkyl halides is 1. The number of hydrogen-bond acceptors (Lipinski definition) is 14. The number of sulfonamides is 2. The van der Waals surface area contributed by atoms with Crippen LogP contribution >= 0.6 is 46.4 Å². The Kier molecular flexibility index (Phi) is 24.1. The van der Waals surface area contributed by atoms with Gasteiger partial charge in [0.05, 0.1) is 5.88 Å². The van der Waals surface area contributed by atoms with Crippen molar-refractivity contribution in [3.8, 4) is 0 Å². The second-order valence-electron chi connectivity index (χ2n) is 24.1. The van der Waals surface area contributed by atoms with Gasteiger partial charge in [0, 0.05) is 65.9 Å². The van der Waals surface area contributed by atoms with Gasteiger partial charge in [0.25, 0.3) is 20.0 Å². The first kappa shape index (κ1) is 66.8. The SMILES string of the molecule is CC1(C)CCN(Cc2cc(F)c(S(=O)(=O)Nc3ncns3)cc2F)[C@H](c2ccccc2)C1.CC1(C)CCN(Cl)CC1.CC1(C)CCNCC1.CC1(C)CCN[C@H](c2ccccc2)C1.O=S(=O)(Nc1ncns1)c1cc(F)c(CCl)cc1F. The van der Waals surface area contributed by atoms with Crippen LogP contribution in [0.2, 0.25) is 0 Å². The summed E-state index contributed by atoms with van der Waals surface area (Å²) < 4.78 is 119. The Labute approximate surface area is 501 Å². The van der Waals surface area contributed by atoms with E-state index in [1.165, 1.54) is 63.5 Å². The minimum Gasteiger partial charge on any atom is -0.317 e. The maximum atomic E-state index is 15.0. The number of hydrogen-bond donors (Lipinski definition) is 4. The zero-order chi connectivity index (χ0) is 59.9. The van der Waals surface area contributed by atoms with Crippen LogP contribution < -0.4 is 20.1 Å². The molecule has 82 heavy (non-hydrogen) atoms. The quantitative estimate of drug-likeness (QED) is 0.0550. The number of halogens is 6. The molecule has 450 valence electrons. The first-order chi connectivity index (χ1) is 38.6. The third-order valence-electron chi connectivity index (χ3n) is 15.1. The molecule has 0 unspecified atom stereocenters. The maximum absolute atomic E-state index is 15.0. The normalized spacial score (nSPS) is 20.4. The van der Waals surface area contributed by atoms with Crippen LogP contribution in [-0.2, 0) is 32.5 Å². The van der Waals surface area contributed by atoms with Crippen LogP contribution in [0.3, 0.4) is 0 Å². The molecule has 4 aromatic carbocycles. The van der Waals surface area contributed by atoms with E-state index in [1.807, 2.05) is 39.5 Å². The zero-order valence-corrected chi connectivity index (χ0v) is 52.7. The average Bonchev–Trinajstić information content (AvgIpc) is 4.27. The monoisotopic (exact) mass is 1250 g/mol. The summed E-state index contributed by atoms with van der Waals surface area (Å²) in [6, 6.07) is 24.4. The average molecular weight is 1250 g/mol. The maximum Gasteiger partial charge on any atom is 0.266 e. The van der Waals surface area contributed by atoms with E-state index in [0.717, 1.165) is 92.2 Å².